The monoisotopic (exact) mass is 287 g/mol. The summed E-state index contributed by atoms with van der Waals surface area (Å²) < 4.78 is 14.2. The molecule has 0 amide bonds. The topological polar surface area (TPSA) is 50.9 Å². The molecule has 1 aliphatic carbocycles. The normalized spacial score (nSPS) is 16.2. The van der Waals surface area contributed by atoms with E-state index in [1.165, 1.54) is 38.2 Å². The molecule has 3 N–H and O–H groups in total. The van der Waals surface area contributed by atoms with E-state index in [1.54, 1.807) is 6.20 Å². The first-order chi connectivity index (χ1) is 10.3. The van der Waals surface area contributed by atoms with E-state index < -0.39 is 0 Å². The van der Waals surface area contributed by atoms with E-state index in [2.05, 4.69) is 10.3 Å². The van der Waals surface area contributed by atoms with Gasteiger partial charge in [-0.15, -0.1) is 0 Å². The van der Waals surface area contributed by atoms with Gasteiger partial charge in [-0.05, 0) is 30.5 Å². The molecule has 0 radical (unpaired) electrons. The Labute approximate surface area is 124 Å². The molecule has 21 heavy (non-hydrogen) atoms. The third kappa shape index (κ3) is 3.09. The number of fused-ring (bicyclic) bond motifs is 1. The molecule has 1 aliphatic rings. The average molecular weight is 287 g/mol. The number of nitrogens with one attached hydrogen (secondary N) is 1. The zero-order valence-electron chi connectivity index (χ0n) is 12.2. The molecule has 0 bridgehead atoms. The molecule has 3 rings (SSSR count). The van der Waals surface area contributed by atoms with Gasteiger partial charge in [-0.25, -0.2) is 4.39 Å². The number of nitrogens with two attached hydrogens (primary N) is 1. The lowest BCUT2D eigenvalue weighted by Crippen LogP contribution is -2.13. The van der Waals surface area contributed by atoms with Crippen molar-refractivity contribution < 1.29 is 4.39 Å². The quantitative estimate of drug-likeness (QED) is 0.822. The highest BCUT2D eigenvalue weighted by Gasteiger charge is 2.15. The number of rotatable bonds is 4. The Balaban J connectivity index is 1.74. The number of hydrogen-bond acceptors (Lipinski definition) is 3. The maximum atomic E-state index is 14.2. The van der Waals surface area contributed by atoms with Crippen LogP contribution >= 0.6 is 0 Å². The summed E-state index contributed by atoms with van der Waals surface area (Å²) in [6, 6.07) is 5.08. The van der Waals surface area contributed by atoms with Gasteiger partial charge in [-0.2, -0.15) is 0 Å². The molecule has 1 saturated carbocycles. The SMILES string of the molecule is Nc1cc(F)c(NCCC2CCCCC2)c2ncccc12. The van der Waals surface area contributed by atoms with Gasteiger partial charge in [0.1, 0.15) is 0 Å². The fourth-order valence-electron chi connectivity index (χ4n) is 3.28. The predicted molar refractivity (Wildman–Crippen MR) is 85.8 cm³/mol. The highest BCUT2D eigenvalue weighted by Crippen LogP contribution is 2.30. The maximum Gasteiger partial charge on any atom is 0.150 e. The number of hydrogen-bond donors (Lipinski definition) is 2. The molecule has 1 aromatic heterocycles. The molecule has 4 heteroatoms. The highest BCUT2D eigenvalue weighted by molar-refractivity contribution is 5.98. The predicted octanol–water partition coefficient (Wildman–Crippen LogP) is 4.34. The standard InChI is InChI=1S/C17H22FN3/c18-14-11-15(19)13-7-4-9-20-16(13)17(14)21-10-8-12-5-2-1-3-6-12/h4,7,9,11-12,21H,1-3,5-6,8,10,19H2. The Bertz CT molecular complexity index is 621. The van der Waals surface area contributed by atoms with Crippen molar-refractivity contribution in [2.45, 2.75) is 38.5 Å². The highest BCUT2D eigenvalue weighted by atomic mass is 19.1. The Kier molecular flexibility index (Phi) is 4.23. The first kappa shape index (κ1) is 14.1. The van der Waals surface area contributed by atoms with Crippen molar-refractivity contribution in [3.63, 3.8) is 0 Å². The van der Waals surface area contributed by atoms with Crippen molar-refractivity contribution in [1.29, 1.82) is 0 Å². The third-order valence-electron chi connectivity index (χ3n) is 4.46. The van der Waals surface area contributed by atoms with Crippen molar-refractivity contribution in [3.05, 3.63) is 30.2 Å². The Morgan fingerprint density at radius 3 is 2.90 bits per heavy atom. The van der Waals surface area contributed by atoms with Crippen LogP contribution in [0.25, 0.3) is 10.9 Å². The first-order valence-corrected chi connectivity index (χ1v) is 7.82. The summed E-state index contributed by atoms with van der Waals surface area (Å²) in [5.41, 5.74) is 7.41. The van der Waals surface area contributed by atoms with E-state index >= 15 is 0 Å². The van der Waals surface area contributed by atoms with E-state index in [-0.39, 0.29) is 5.82 Å². The molecule has 112 valence electrons. The third-order valence-corrected chi connectivity index (χ3v) is 4.46. The molecular formula is C17H22FN3. The summed E-state index contributed by atoms with van der Waals surface area (Å²) in [7, 11) is 0. The van der Waals surface area contributed by atoms with Gasteiger partial charge in [-0.1, -0.05) is 32.1 Å². The second kappa shape index (κ2) is 6.29. The Morgan fingerprint density at radius 2 is 2.10 bits per heavy atom. The van der Waals surface area contributed by atoms with Gasteiger partial charge in [-0.3, -0.25) is 4.98 Å². The van der Waals surface area contributed by atoms with Gasteiger partial charge in [0, 0.05) is 23.8 Å². The lowest BCUT2D eigenvalue weighted by molar-refractivity contribution is 0.345. The van der Waals surface area contributed by atoms with Crippen LogP contribution in [0.2, 0.25) is 0 Å². The summed E-state index contributed by atoms with van der Waals surface area (Å²) in [6.45, 7) is 0.789. The van der Waals surface area contributed by atoms with Gasteiger partial charge in [0.25, 0.3) is 0 Å². The summed E-state index contributed by atoms with van der Waals surface area (Å²) in [6.07, 6.45) is 9.43. The van der Waals surface area contributed by atoms with Gasteiger partial charge < -0.3 is 11.1 Å². The van der Waals surface area contributed by atoms with Crippen LogP contribution in [0.5, 0.6) is 0 Å². The van der Waals surface area contributed by atoms with E-state index in [1.807, 2.05) is 12.1 Å². The maximum absolute atomic E-state index is 14.2. The summed E-state index contributed by atoms with van der Waals surface area (Å²) in [5, 5.41) is 4.04. The second-order valence-corrected chi connectivity index (χ2v) is 5.94. The molecule has 1 fully saturated rings. The molecule has 0 atom stereocenters. The number of anilines is 2. The lowest BCUT2D eigenvalue weighted by Gasteiger charge is -2.22. The molecule has 0 spiro atoms. The smallest absolute Gasteiger partial charge is 0.150 e. The fraction of sp³-hybridized carbons (Fsp3) is 0.471. The largest absolute Gasteiger partial charge is 0.398 e. The van der Waals surface area contributed by atoms with Crippen molar-refractivity contribution in [3.8, 4) is 0 Å². The van der Waals surface area contributed by atoms with Crippen LogP contribution in [0.1, 0.15) is 38.5 Å². The zero-order chi connectivity index (χ0) is 14.7. The number of benzene rings is 1. The molecule has 2 aromatic rings. The zero-order valence-corrected chi connectivity index (χ0v) is 12.2. The number of pyridine rings is 1. The van der Waals surface area contributed by atoms with Crippen LogP contribution < -0.4 is 11.1 Å². The van der Waals surface area contributed by atoms with Gasteiger partial charge in [0.15, 0.2) is 5.82 Å². The van der Waals surface area contributed by atoms with Gasteiger partial charge in [0.05, 0.1) is 11.2 Å². The first-order valence-electron chi connectivity index (χ1n) is 7.82. The molecular weight excluding hydrogens is 265 g/mol. The average Bonchev–Trinajstić information content (AvgIpc) is 2.51. The Hall–Kier alpha value is -1.84. The van der Waals surface area contributed by atoms with E-state index in [0.717, 1.165) is 24.3 Å². The van der Waals surface area contributed by atoms with E-state index in [0.29, 0.717) is 16.9 Å². The Morgan fingerprint density at radius 1 is 1.29 bits per heavy atom. The van der Waals surface area contributed by atoms with Crippen LogP contribution in [0, 0.1) is 11.7 Å². The summed E-state index contributed by atoms with van der Waals surface area (Å²) in [5.74, 6) is 0.463. The second-order valence-electron chi connectivity index (χ2n) is 5.94. The van der Waals surface area contributed by atoms with E-state index in [9.17, 15) is 4.39 Å². The van der Waals surface area contributed by atoms with Crippen LogP contribution in [-0.4, -0.2) is 11.5 Å². The fourth-order valence-corrected chi connectivity index (χ4v) is 3.28. The van der Waals surface area contributed by atoms with Crippen molar-refractivity contribution >= 4 is 22.3 Å². The number of nitrogen functional groups attached to an aromatic ring is 1. The molecule has 1 heterocycles. The minimum atomic E-state index is -0.317. The molecule has 1 aromatic carbocycles. The van der Waals surface area contributed by atoms with Crippen LogP contribution in [0.15, 0.2) is 24.4 Å². The minimum absolute atomic E-state index is 0.317. The van der Waals surface area contributed by atoms with E-state index in [4.69, 9.17) is 5.73 Å². The lowest BCUT2D eigenvalue weighted by atomic mass is 9.87. The summed E-state index contributed by atoms with van der Waals surface area (Å²) in [4.78, 5) is 4.29. The van der Waals surface area contributed by atoms with Crippen LogP contribution in [0.4, 0.5) is 15.8 Å². The van der Waals surface area contributed by atoms with Gasteiger partial charge >= 0.3 is 0 Å². The molecule has 0 aliphatic heterocycles. The molecule has 3 nitrogen and oxygen atoms in total. The van der Waals surface area contributed by atoms with Gasteiger partial charge in [0.2, 0.25) is 0 Å². The van der Waals surface area contributed by atoms with Crippen molar-refractivity contribution in [2.75, 3.05) is 17.6 Å². The number of nitrogens with zero attached hydrogens (tertiary/aromatic N) is 1. The summed E-state index contributed by atoms with van der Waals surface area (Å²) >= 11 is 0. The minimum Gasteiger partial charge on any atom is -0.398 e. The number of aromatic nitrogens is 1. The van der Waals surface area contributed by atoms with Crippen molar-refractivity contribution in [2.24, 2.45) is 5.92 Å². The van der Waals surface area contributed by atoms with Crippen LogP contribution in [-0.2, 0) is 0 Å². The molecule has 0 unspecified atom stereocenters. The van der Waals surface area contributed by atoms with Crippen molar-refractivity contribution in [1.82, 2.24) is 4.98 Å². The van der Waals surface area contributed by atoms with Crippen LogP contribution in [0.3, 0.4) is 0 Å². The molecule has 0 saturated heterocycles. The number of halogens is 1.